The molecule has 3 N–H and O–H groups in total. The molecule has 146 valence electrons. The molecule has 0 spiro atoms. The lowest BCUT2D eigenvalue weighted by Crippen LogP contribution is -2.46. The Bertz CT molecular complexity index is 1020. The van der Waals surface area contributed by atoms with Gasteiger partial charge in [0.05, 0.1) is 41.4 Å². The SMILES string of the molecule is COc1c(C(=O)NC(C)(C)CO)ccc2n[nH]c(/C=C/c3ccc(F)cc3)c12. The number of halogens is 1. The standard InChI is InChI=1S/C21H22FN3O3/c1-21(2,12-26)23-20(27)15-9-11-17-18(19(15)28-3)16(24-25-17)10-6-13-4-7-14(22)8-5-13/h4-11,26H,12H2,1-3H3,(H,23,27)(H,24,25)/b10-6+. The molecule has 0 aliphatic heterocycles. The maximum Gasteiger partial charge on any atom is 0.255 e. The second-order valence-electron chi connectivity index (χ2n) is 7.06. The minimum Gasteiger partial charge on any atom is -0.495 e. The summed E-state index contributed by atoms with van der Waals surface area (Å²) in [7, 11) is 1.49. The summed E-state index contributed by atoms with van der Waals surface area (Å²) in [5.74, 6) is -0.268. The van der Waals surface area contributed by atoms with Crippen molar-refractivity contribution >= 4 is 29.0 Å². The van der Waals surface area contributed by atoms with Crippen molar-refractivity contribution in [3.63, 3.8) is 0 Å². The monoisotopic (exact) mass is 383 g/mol. The van der Waals surface area contributed by atoms with Gasteiger partial charge in [-0.25, -0.2) is 4.39 Å². The Balaban J connectivity index is 2.01. The first-order valence-corrected chi connectivity index (χ1v) is 8.77. The van der Waals surface area contributed by atoms with Crippen molar-refractivity contribution in [2.75, 3.05) is 13.7 Å². The molecule has 6 nitrogen and oxygen atoms in total. The van der Waals surface area contributed by atoms with Crippen molar-refractivity contribution in [3.8, 4) is 5.75 Å². The number of H-pyrrole nitrogens is 1. The van der Waals surface area contributed by atoms with E-state index in [1.165, 1.54) is 19.2 Å². The van der Waals surface area contributed by atoms with Gasteiger partial charge in [-0.15, -0.1) is 0 Å². The first kappa shape index (κ1) is 19.6. The number of fused-ring (bicyclic) bond motifs is 1. The van der Waals surface area contributed by atoms with Crippen LogP contribution in [0.4, 0.5) is 4.39 Å². The molecule has 0 bridgehead atoms. The van der Waals surface area contributed by atoms with Crippen molar-refractivity contribution in [3.05, 3.63) is 59.0 Å². The number of aliphatic hydroxyl groups excluding tert-OH is 1. The highest BCUT2D eigenvalue weighted by Gasteiger charge is 2.24. The van der Waals surface area contributed by atoms with Gasteiger partial charge in [-0.05, 0) is 49.8 Å². The number of ether oxygens (including phenoxy) is 1. The van der Waals surface area contributed by atoms with Crippen LogP contribution in [-0.2, 0) is 0 Å². The maximum atomic E-state index is 13.1. The van der Waals surface area contributed by atoms with Gasteiger partial charge in [0.2, 0.25) is 0 Å². The lowest BCUT2D eigenvalue weighted by atomic mass is 10.0. The van der Waals surface area contributed by atoms with Gasteiger partial charge in [0, 0.05) is 0 Å². The van der Waals surface area contributed by atoms with Crippen LogP contribution >= 0.6 is 0 Å². The Morgan fingerprint density at radius 1 is 1.25 bits per heavy atom. The summed E-state index contributed by atoms with van der Waals surface area (Å²) in [6.45, 7) is 3.26. The Labute approximate surface area is 162 Å². The second kappa shape index (κ2) is 7.82. The van der Waals surface area contributed by atoms with E-state index in [1.54, 1.807) is 44.2 Å². The molecule has 0 fully saturated rings. The Hall–Kier alpha value is -3.19. The number of rotatable bonds is 6. The van der Waals surface area contributed by atoms with Crippen LogP contribution in [0.5, 0.6) is 5.75 Å². The number of methoxy groups -OCH3 is 1. The number of nitrogens with one attached hydrogen (secondary N) is 2. The summed E-state index contributed by atoms with van der Waals surface area (Å²) >= 11 is 0. The van der Waals surface area contributed by atoms with E-state index in [4.69, 9.17) is 4.74 Å². The van der Waals surface area contributed by atoms with Crippen molar-refractivity contribution < 1.29 is 19.0 Å². The van der Waals surface area contributed by atoms with Crippen LogP contribution < -0.4 is 10.1 Å². The molecule has 3 rings (SSSR count). The van der Waals surface area contributed by atoms with Gasteiger partial charge < -0.3 is 15.2 Å². The van der Waals surface area contributed by atoms with Gasteiger partial charge in [-0.3, -0.25) is 9.89 Å². The lowest BCUT2D eigenvalue weighted by molar-refractivity contribution is 0.0866. The van der Waals surface area contributed by atoms with Gasteiger partial charge in [-0.2, -0.15) is 5.10 Å². The molecule has 0 saturated heterocycles. The molecule has 0 aliphatic carbocycles. The Morgan fingerprint density at radius 3 is 2.61 bits per heavy atom. The molecule has 1 aromatic heterocycles. The van der Waals surface area contributed by atoms with Crippen molar-refractivity contribution in [1.29, 1.82) is 0 Å². The number of carbonyl (C=O) groups excluding carboxylic acids is 1. The third-order valence-electron chi connectivity index (χ3n) is 4.31. The third-order valence-corrected chi connectivity index (χ3v) is 4.31. The number of aliphatic hydroxyl groups is 1. The second-order valence-corrected chi connectivity index (χ2v) is 7.06. The van der Waals surface area contributed by atoms with E-state index in [0.29, 0.717) is 27.9 Å². The predicted octanol–water partition coefficient (Wildman–Crippen LogP) is 3.38. The highest BCUT2D eigenvalue weighted by atomic mass is 19.1. The molecule has 28 heavy (non-hydrogen) atoms. The third kappa shape index (κ3) is 4.04. The summed E-state index contributed by atoms with van der Waals surface area (Å²) in [6, 6.07) is 9.46. The number of hydrogen-bond acceptors (Lipinski definition) is 4. The van der Waals surface area contributed by atoms with Crippen LogP contribution in [0.3, 0.4) is 0 Å². The van der Waals surface area contributed by atoms with Crippen LogP contribution in [-0.4, -0.2) is 40.5 Å². The average Bonchev–Trinajstić information content (AvgIpc) is 3.09. The minimum atomic E-state index is -0.765. The summed E-state index contributed by atoms with van der Waals surface area (Å²) < 4.78 is 18.6. The van der Waals surface area contributed by atoms with E-state index >= 15 is 0 Å². The van der Waals surface area contributed by atoms with Crippen LogP contribution in [0.2, 0.25) is 0 Å². The zero-order valence-corrected chi connectivity index (χ0v) is 15.9. The highest BCUT2D eigenvalue weighted by Crippen LogP contribution is 2.32. The van der Waals surface area contributed by atoms with Crippen LogP contribution in [0.1, 0.15) is 35.5 Å². The maximum absolute atomic E-state index is 13.1. The molecule has 3 aromatic rings. The Morgan fingerprint density at radius 2 is 1.96 bits per heavy atom. The van der Waals surface area contributed by atoms with Crippen LogP contribution in [0.15, 0.2) is 36.4 Å². The van der Waals surface area contributed by atoms with E-state index in [2.05, 4.69) is 15.5 Å². The first-order chi connectivity index (χ1) is 13.3. The van der Waals surface area contributed by atoms with Gasteiger partial charge in [0.1, 0.15) is 11.6 Å². The molecule has 1 heterocycles. The molecule has 0 aliphatic rings. The van der Waals surface area contributed by atoms with E-state index in [1.807, 2.05) is 6.08 Å². The Kier molecular flexibility index (Phi) is 5.46. The molecule has 0 radical (unpaired) electrons. The predicted molar refractivity (Wildman–Crippen MR) is 107 cm³/mol. The van der Waals surface area contributed by atoms with Crippen LogP contribution in [0.25, 0.3) is 23.1 Å². The van der Waals surface area contributed by atoms with Gasteiger partial charge in [-0.1, -0.05) is 18.2 Å². The topological polar surface area (TPSA) is 87.2 Å². The van der Waals surface area contributed by atoms with E-state index in [-0.39, 0.29) is 18.3 Å². The first-order valence-electron chi connectivity index (χ1n) is 8.77. The van der Waals surface area contributed by atoms with Crippen molar-refractivity contribution in [2.45, 2.75) is 19.4 Å². The zero-order valence-electron chi connectivity index (χ0n) is 15.9. The smallest absolute Gasteiger partial charge is 0.255 e. The van der Waals surface area contributed by atoms with Crippen molar-refractivity contribution in [1.82, 2.24) is 15.5 Å². The molecule has 0 saturated carbocycles. The zero-order chi connectivity index (χ0) is 20.3. The summed E-state index contributed by atoms with van der Waals surface area (Å²) in [4.78, 5) is 12.7. The molecular formula is C21H22FN3O3. The van der Waals surface area contributed by atoms with Crippen molar-refractivity contribution in [2.24, 2.45) is 0 Å². The van der Waals surface area contributed by atoms with Gasteiger partial charge in [0.25, 0.3) is 5.91 Å². The minimum absolute atomic E-state index is 0.194. The van der Waals surface area contributed by atoms with Gasteiger partial charge >= 0.3 is 0 Å². The number of nitrogens with zero attached hydrogens (tertiary/aromatic N) is 1. The fraction of sp³-hybridized carbons (Fsp3) is 0.238. The lowest BCUT2D eigenvalue weighted by Gasteiger charge is -2.24. The fourth-order valence-electron chi connectivity index (χ4n) is 2.78. The highest BCUT2D eigenvalue weighted by molar-refractivity contribution is 6.05. The number of hydrogen-bond donors (Lipinski definition) is 3. The molecule has 0 atom stereocenters. The number of amides is 1. The largest absolute Gasteiger partial charge is 0.495 e. The van der Waals surface area contributed by atoms with E-state index in [0.717, 1.165) is 5.56 Å². The number of aromatic amines is 1. The molecule has 7 heteroatoms. The molecule has 2 aromatic carbocycles. The van der Waals surface area contributed by atoms with Gasteiger partial charge in [0.15, 0.2) is 0 Å². The quantitative estimate of drug-likeness (QED) is 0.609. The summed E-state index contributed by atoms with van der Waals surface area (Å²) in [5, 5.41) is 20.0. The van der Waals surface area contributed by atoms with E-state index < -0.39 is 5.54 Å². The fourth-order valence-corrected chi connectivity index (χ4v) is 2.78. The summed E-state index contributed by atoms with van der Waals surface area (Å²) in [6.07, 6.45) is 3.61. The summed E-state index contributed by atoms with van der Waals surface area (Å²) in [5.41, 5.74) is 1.70. The van der Waals surface area contributed by atoms with Crippen LogP contribution in [0, 0.1) is 5.82 Å². The molecular weight excluding hydrogens is 361 g/mol. The molecule has 0 unspecified atom stereocenters. The number of aromatic nitrogens is 2. The number of carbonyl (C=O) groups is 1. The number of benzene rings is 2. The normalized spacial score (nSPS) is 11.9. The average molecular weight is 383 g/mol. The molecule has 1 amide bonds. The van der Waals surface area contributed by atoms with E-state index in [9.17, 15) is 14.3 Å².